The van der Waals surface area contributed by atoms with Gasteiger partial charge in [0, 0.05) is 50.3 Å². The van der Waals surface area contributed by atoms with Crippen molar-refractivity contribution < 1.29 is 9.18 Å². The number of amides is 1. The number of alkyl halides is 1. The molecule has 134 valence electrons. The zero-order chi connectivity index (χ0) is 17.3. The maximum Gasteiger partial charge on any atom is 0.226 e. The Morgan fingerprint density at radius 2 is 2.04 bits per heavy atom. The standard InChI is InChI=1S/C19H30FN3O/c1-13-11-22(12-16-9-17(20)10-18(21)14(16)2)7-8-23(13)19(24)15-5-3-4-6-15/h10,13,15,17H,3-9,11-12,21H2,1-2H3/t13-,17?/m0/s1. The summed E-state index contributed by atoms with van der Waals surface area (Å²) < 4.78 is 13.8. The third-order valence-corrected chi connectivity index (χ3v) is 5.88. The highest BCUT2D eigenvalue weighted by molar-refractivity contribution is 5.79. The molecule has 2 atom stereocenters. The first-order chi connectivity index (χ1) is 11.5. The van der Waals surface area contributed by atoms with Crippen LogP contribution in [0.25, 0.3) is 0 Å². The highest BCUT2D eigenvalue weighted by atomic mass is 19.1. The summed E-state index contributed by atoms with van der Waals surface area (Å²) >= 11 is 0. The monoisotopic (exact) mass is 335 g/mol. The van der Waals surface area contributed by atoms with Crippen molar-refractivity contribution in [3.05, 3.63) is 22.9 Å². The molecule has 2 fully saturated rings. The van der Waals surface area contributed by atoms with E-state index >= 15 is 0 Å². The van der Waals surface area contributed by atoms with Gasteiger partial charge in [-0.3, -0.25) is 9.69 Å². The summed E-state index contributed by atoms with van der Waals surface area (Å²) in [6.07, 6.45) is 5.49. The minimum absolute atomic E-state index is 0.227. The first-order valence-corrected chi connectivity index (χ1v) is 9.29. The fourth-order valence-corrected chi connectivity index (χ4v) is 4.34. The Labute approximate surface area is 144 Å². The molecule has 2 N–H and O–H groups in total. The van der Waals surface area contributed by atoms with Crippen molar-refractivity contribution in [2.45, 2.75) is 58.2 Å². The van der Waals surface area contributed by atoms with Crippen LogP contribution >= 0.6 is 0 Å². The summed E-state index contributed by atoms with van der Waals surface area (Å²) in [5.41, 5.74) is 8.62. The Morgan fingerprint density at radius 1 is 1.33 bits per heavy atom. The van der Waals surface area contributed by atoms with E-state index in [-0.39, 0.29) is 12.0 Å². The molecule has 0 aromatic carbocycles. The maximum atomic E-state index is 13.8. The number of piperazine rings is 1. The van der Waals surface area contributed by atoms with Crippen LogP contribution in [0.4, 0.5) is 4.39 Å². The van der Waals surface area contributed by atoms with Gasteiger partial charge >= 0.3 is 0 Å². The van der Waals surface area contributed by atoms with Gasteiger partial charge in [-0.1, -0.05) is 12.8 Å². The van der Waals surface area contributed by atoms with Crippen LogP contribution in [0.5, 0.6) is 0 Å². The lowest BCUT2D eigenvalue weighted by molar-refractivity contribution is -0.139. The molecular weight excluding hydrogens is 305 g/mol. The lowest BCUT2D eigenvalue weighted by Crippen LogP contribution is -2.55. The van der Waals surface area contributed by atoms with Crippen molar-refractivity contribution in [1.82, 2.24) is 9.80 Å². The largest absolute Gasteiger partial charge is 0.399 e. The second-order valence-corrected chi connectivity index (χ2v) is 7.67. The second-order valence-electron chi connectivity index (χ2n) is 7.67. The quantitative estimate of drug-likeness (QED) is 0.862. The van der Waals surface area contributed by atoms with Gasteiger partial charge in [0.05, 0.1) is 0 Å². The van der Waals surface area contributed by atoms with Crippen LogP contribution in [-0.2, 0) is 4.79 Å². The van der Waals surface area contributed by atoms with E-state index < -0.39 is 6.17 Å². The van der Waals surface area contributed by atoms with Gasteiger partial charge in [-0.15, -0.1) is 0 Å². The summed E-state index contributed by atoms with van der Waals surface area (Å²) in [6.45, 7) is 7.38. The van der Waals surface area contributed by atoms with Crippen LogP contribution in [0.3, 0.4) is 0 Å². The predicted molar refractivity (Wildman–Crippen MR) is 94.1 cm³/mol. The molecule has 0 aromatic rings. The highest BCUT2D eigenvalue weighted by Crippen LogP contribution is 2.29. The molecule has 0 bridgehead atoms. The van der Waals surface area contributed by atoms with E-state index in [2.05, 4.69) is 16.7 Å². The Morgan fingerprint density at radius 3 is 2.71 bits per heavy atom. The van der Waals surface area contributed by atoms with Crippen molar-refractivity contribution in [2.75, 3.05) is 26.2 Å². The molecule has 0 radical (unpaired) electrons. The smallest absolute Gasteiger partial charge is 0.226 e. The molecule has 0 aromatic heterocycles. The zero-order valence-electron chi connectivity index (χ0n) is 14.9. The Hall–Kier alpha value is -1.36. The molecule has 1 unspecified atom stereocenters. The highest BCUT2D eigenvalue weighted by Gasteiger charge is 2.33. The summed E-state index contributed by atoms with van der Waals surface area (Å²) in [4.78, 5) is 17.1. The molecule has 1 saturated carbocycles. The topological polar surface area (TPSA) is 49.6 Å². The normalized spacial score (nSPS) is 30.0. The van der Waals surface area contributed by atoms with Crippen molar-refractivity contribution in [2.24, 2.45) is 11.7 Å². The lowest BCUT2D eigenvalue weighted by atomic mass is 9.94. The molecule has 3 rings (SSSR count). The van der Waals surface area contributed by atoms with Gasteiger partial charge < -0.3 is 10.6 Å². The number of nitrogens with zero attached hydrogens (tertiary/aromatic N) is 2. The Kier molecular flexibility index (Phi) is 5.28. The van der Waals surface area contributed by atoms with E-state index in [0.717, 1.165) is 50.2 Å². The van der Waals surface area contributed by atoms with Crippen LogP contribution in [-0.4, -0.2) is 54.1 Å². The number of carbonyl (C=O) groups is 1. The third-order valence-electron chi connectivity index (χ3n) is 5.88. The average Bonchev–Trinajstić information content (AvgIpc) is 3.06. The summed E-state index contributed by atoms with van der Waals surface area (Å²) in [5, 5.41) is 0. The number of carbonyl (C=O) groups excluding carboxylic acids is 1. The first-order valence-electron chi connectivity index (χ1n) is 9.29. The lowest BCUT2D eigenvalue weighted by Gasteiger charge is -2.41. The van der Waals surface area contributed by atoms with Crippen molar-refractivity contribution in [3.8, 4) is 0 Å². The predicted octanol–water partition coefficient (Wildman–Crippen LogP) is 2.61. The molecule has 2 aliphatic carbocycles. The van der Waals surface area contributed by atoms with E-state index in [1.165, 1.54) is 18.9 Å². The van der Waals surface area contributed by atoms with Gasteiger partial charge in [-0.05, 0) is 43.9 Å². The average molecular weight is 335 g/mol. The fraction of sp³-hybridized carbons (Fsp3) is 0.737. The van der Waals surface area contributed by atoms with Gasteiger partial charge in [0.1, 0.15) is 6.17 Å². The molecule has 1 aliphatic heterocycles. The number of rotatable bonds is 3. The third kappa shape index (κ3) is 3.66. The van der Waals surface area contributed by atoms with Crippen LogP contribution < -0.4 is 5.73 Å². The van der Waals surface area contributed by atoms with Gasteiger partial charge in [0.15, 0.2) is 0 Å². The minimum atomic E-state index is -0.966. The van der Waals surface area contributed by atoms with Crippen LogP contribution in [0.1, 0.15) is 46.0 Å². The molecule has 5 heteroatoms. The summed E-state index contributed by atoms with van der Waals surface area (Å²) in [5.74, 6) is 0.600. The molecule has 4 nitrogen and oxygen atoms in total. The molecule has 3 aliphatic rings. The van der Waals surface area contributed by atoms with Crippen LogP contribution in [0.2, 0.25) is 0 Å². The number of hydrogen-bond acceptors (Lipinski definition) is 3. The van der Waals surface area contributed by atoms with E-state index in [9.17, 15) is 9.18 Å². The zero-order valence-corrected chi connectivity index (χ0v) is 14.9. The molecule has 24 heavy (non-hydrogen) atoms. The first kappa shape index (κ1) is 17.5. The van der Waals surface area contributed by atoms with E-state index in [4.69, 9.17) is 5.73 Å². The van der Waals surface area contributed by atoms with E-state index in [0.29, 0.717) is 18.0 Å². The molecular formula is C19H30FN3O. The van der Waals surface area contributed by atoms with Crippen LogP contribution in [0.15, 0.2) is 22.9 Å². The summed E-state index contributed by atoms with van der Waals surface area (Å²) in [6, 6.07) is 0.227. The van der Waals surface area contributed by atoms with Crippen LogP contribution in [0, 0.1) is 5.92 Å². The molecule has 1 saturated heterocycles. The van der Waals surface area contributed by atoms with E-state index in [1.54, 1.807) is 0 Å². The molecule has 0 spiro atoms. The van der Waals surface area contributed by atoms with Gasteiger partial charge in [0.25, 0.3) is 0 Å². The van der Waals surface area contributed by atoms with E-state index in [1.807, 2.05) is 6.92 Å². The summed E-state index contributed by atoms with van der Waals surface area (Å²) in [7, 11) is 0. The molecule has 1 amide bonds. The molecule has 1 heterocycles. The fourth-order valence-electron chi connectivity index (χ4n) is 4.34. The van der Waals surface area contributed by atoms with Gasteiger partial charge in [-0.25, -0.2) is 4.39 Å². The number of allylic oxidation sites excluding steroid dienone is 2. The van der Waals surface area contributed by atoms with Crippen molar-refractivity contribution in [1.29, 1.82) is 0 Å². The number of nitrogens with two attached hydrogens (primary N) is 1. The minimum Gasteiger partial charge on any atom is -0.399 e. The van der Waals surface area contributed by atoms with Crippen molar-refractivity contribution in [3.63, 3.8) is 0 Å². The van der Waals surface area contributed by atoms with Gasteiger partial charge in [-0.2, -0.15) is 0 Å². The second kappa shape index (κ2) is 7.26. The number of halogens is 1. The number of hydrogen-bond donors (Lipinski definition) is 1. The van der Waals surface area contributed by atoms with Gasteiger partial charge in [0.2, 0.25) is 5.91 Å². The Bertz CT molecular complexity index is 551. The Balaban J connectivity index is 1.58. The van der Waals surface area contributed by atoms with Crippen molar-refractivity contribution >= 4 is 5.91 Å². The SMILES string of the molecule is CC1=C(CN2CCN(C(=O)C3CCCC3)[C@@H](C)C2)CC(F)C=C1N. The maximum absolute atomic E-state index is 13.8.